The zero-order chi connectivity index (χ0) is 21.0. The molecule has 29 heavy (non-hydrogen) atoms. The second-order valence-electron chi connectivity index (χ2n) is 12.1. The van der Waals surface area contributed by atoms with Crippen LogP contribution < -0.4 is 0 Å². The lowest BCUT2D eigenvalue weighted by Gasteiger charge is -2.57. The highest BCUT2D eigenvalue weighted by Gasteiger charge is 2.57. The highest BCUT2D eigenvalue weighted by molar-refractivity contribution is 5.79. The molecule has 4 aliphatic rings. The Bertz CT molecular complexity index is 699. The van der Waals surface area contributed by atoms with Gasteiger partial charge in [-0.2, -0.15) is 0 Å². The lowest BCUT2D eigenvalue weighted by Crippen LogP contribution is -2.49. The van der Waals surface area contributed by atoms with E-state index in [2.05, 4.69) is 59.8 Å². The summed E-state index contributed by atoms with van der Waals surface area (Å²) >= 11 is 0. The van der Waals surface area contributed by atoms with Crippen LogP contribution in [0.4, 0.5) is 0 Å². The molecule has 162 valence electrons. The van der Waals surface area contributed by atoms with E-state index < -0.39 is 0 Å². The predicted octanol–water partition coefficient (Wildman–Crippen LogP) is 7.62. The molecule has 0 bridgehead atoms. The van der Waals surface area contributed by atoms with E-state index in [4.69, 9.17) is 0 Å². The maximum Gasteiger partial charge on any atom is 0.133 e. The Morgan fingerprint density at radius 2 is 1.69 bits per heavy atom. The SMILES string of the molecule is CC(C)C(C)C=CC(C)[C@H]1CCC2C3=CCC4CC(=O)CC[C@]4(C)C3CC[C@@]21C. The Kier molecular flexibility index (Phi) is 5.67. The van der Waals surface area contributed by atoms with E-state index >= 15 is 0 Å². The zero-order valence-corrected chi connectivity index (χ0v) is 19.8. The highest BCUT2D eigenvalue weighted by atomic mass is 16.1. The molecule has 1 heteroatoms. The van der Waals surface area contributed by atoms with Crippen LogP contribution in [0.15, 0.2) is 23.8 Å². The predicted molar refractivity (Wildman–Crippen MR) is 123 cm³/mol. The van der Waals surface area contributed by atoms with Gasteiger partial charge in [0, 0.05) is 12.8 Å². The fourth-order valence-corrected chi connectivity index (χ4v) is 7.91. The minimum atomic E-state index is 0.385. The Balaban J connectivity index is 1.55. The third-order valence-electron chi connectivity index (χ3n) is 10.4. The van der Waals surface area contributed by atoms with Crippen LogP contribution in [0.2, 0.25) is 0 Å². The quantitative estimate of drug-likeness (QED) is 0.447. The number of Topliss-reactive ketones (excluding diaryl/α,β-unsaturated/α-hetero) is 1. The van der Waals surface area contributed by atoms with Crippen LogP contribution in [0.1, 0.15) is 92.9 Å². The molecule has 0 aromatic heterocycles. The monoisotopic (exact) mass is 396 g/mol. The highest BCUT2D eigenvalue weighted by Crippen LogP contribution is 2.66. The number of fused-ring (bicyclic) bond motifs is 5. The van der Waals surface area contributed by atoms with E-state index in [0.717, 1.165) is 49.4 Å². The van der Waals surface area contributed by atoms with Crippen LogP contribution in [0, 0.1) is 52.3 Å². The van der Waals surface area contributed by atoms with Gasteiger partial charge in [-0.05, 0) is 90.8 Å². The average molecular weight is 397 g/mol. The number of allylic oxidation sites excluding steroid dienone is 4. The van der Waals surface area contributed by atoms with Gasteiger partial charge in [0.25, 0.3) is 0 Å². The molecule has 4 aliphatic carbocycles. The Morgan fingerprint density at radius 1 is 0.966 bits per heavy atom. The minimum absolute atomic E-state index is 0.385. The van der Waals surface area contributed by atoms with E-state index in [0.29, 0.717) is 34.4 Å². The van der Waals surface area contributed by atoms with Crippen LogP contribution in [0.5, 0.6) is 0 Å². The minimum Gasteiger partial charge on any atom is -0.300 e. The first kappa shape index (κ1) is 21.4. The Morgan fingerprint density at radius 3 is 2.41 bits per heavy atom. The number of carbonyl (C=O) groups is 1. The van der Waals surface area contributed by atoms with Gasteiger partial charge in [-0.25, -0.2) is 0 Å². The van der Waals surface area contributed by atoms with Crippen molar-refractivity contribution in [2.24, 2.45) is 52.3 Å². The first-order chi connectivity index (χ1) is 13.7. The maximum absolute atomic E-state index is 12.1. The lowest BCUT2D eigenvalue weighted by molar-refractivity contribution is -0.127. The van der Waals surface area contributed by atoms with Crippen molar-refractivity contribution in [3.05, 3.63) is 23.8 Å². The molecule has 0 saturated heterocycles. The molecule has 3 saturated carbocycles. The molecule has 0 spiro atoms. The van der Waals surface area contributed by atoms with Crippen molar-refractivity contribution in [1.29, 1.82) is 0 Å². The summed E-state index contributed by atoms with van der Waals surface area (Å²) in [5.74, 6) is 5.57. The largest absolute Gasteiger partial charge is 0.300 e. The second-order valence-corrected chi connectivity index (χ2v) is 12.1. The van der Waals surface area contributed by atoms with Gasteiger partial charge in [0.1, 0.15) is 5.78 Å². The second kappa shape index (κ2) is 7.69. The molecule has 8 atom stereocenters. The van der Waals surface area contributed by atoms with Crippen molar-refractivity contribution in [3.63, 3.8) is 0 Å². The van der Waals surface area contributed by atoms with E-state index in [-0.39, 0.29) is 0 Å². The van der Waals surface area contributed by atoms with Gasteiger partial charge >= 0.3 is 0 Å². The molecule has 5 unspecified atom stereocenters. The molecule has 0 aromatic rings. The van der Waals surface area contributed by atoms with Gasteiger partial charge in [-0.1, -0.05) is 65.3 Å². The van der Waals surface area contributed by atoms with E-state index in [1.807, 2.05) is 5.57 Å². The molecule has 4 rings (SSSR count). The molecule has 0 amide bonds. The van der Waals surface area contributed by atoms with Gasteiger partial charge in [-0.15, -0.1) is 0 Å². The van der Waals surface area contributed by atoms with Crippen LogP contribution >= 0.6 is 0 Å². The normalized spacial score (nSPS) is 44.2. The van der Waals surface area contributed by atoms with Crippen molar-refractivity contribution < 1.29 is 4.79 Å². The van der Waals surface area contributed by atoms with E-state index in [9.17, 15) is 4.79 Å². The summed E-state index contributed by atoms with van der Waals surface area (Å²) in [4.78, 5) is 12.1. The fourth-order valence-electron chi connectivity index (χ4n) is 7.91. The van der Waals surface area contributed by atoms with Gasteiger partial charge in [0.05, 0.1) is 0 Å². The standard InChI is InChI=1S/C28H44O/c1-18(2)19(3)7-8-20(4)24-11-12-25-23-10-9-21-17-22(29)13-15-27(21,5)26(23)14-16-28(24,25)6/h7-8,10,18-21,24-26H,9,11-17H2,1-6H3/t19?,20?,21?,24-,25?,26?,27+,28-/m1/s1. The molecular formula is C28H44O. The molecule has 0 N–H and O–H groups in total. The molecule has 0 heterocycles. The Hall–Kier alpha value is -0.850. The number of ketones is 1. The summed E-state index contributed by atoms with van der Waals surface area (Å²) < 4.78 is 0. The third kappa shape index (κ3) is 3.49. The number of hydrogen-bond donors (Lipinski definition) is 0. The van der Waals surface area contributed by atoms with Crippen molar-refractivity contribution in [3.8, 4) is 0 Å². The summed E-state index contributed by atoms with van der Waals surface area (Å²) in [5.41, 5.74) is 2.68. The van der Waals surface area contributed by atoms with Crippen LogP contribution in [0.25, 0.3) is 0 Å². The molecule has 0 aliphatic heterocycles. The van der Waals surface area contributed by atoms with Crippen LogP contribution in [-0.2, 0) is 4.79 Å². The van der Waals surface area contributed by atoms with E-state index in [1.54, 1.807) is 0 Å². The first-order valence-electron chi connectivity index (χ1n) is 12.6. The molecule has 0 radical (unpaired) electrons. The van der Waals surface area contributed by atoms with E-state index in [1.165, 1.54) is 25.7 Å². The molecule has 3 fully saturated rings. The number of rotatable bonds is 4. The first-order valence-corrected chi connectivity index (χ1v) is 12.6. The molecule has 1 nitrogen and oxygen atoms in total. The summed E-state index contributed by atoms with van der Waals surface area (Å²) in [6.07, 6.45) is 17.2. The molecular weight excluding hydrogens is 352 g/mol. The van der Waals surface area contributed by atoms with Crippen molar-refractivity contribution in [1.82, 2.24) is 0 Å². The van der Waals surface area contributed by atoms with Crippen molar-refractivity contribution in [2.75, 3.05) is 0 Å². The smallest absolute Gasteiger partial charge is 0.133 e. The topological polar surface area (TPSA) is 17.1 Å². The number of carbonyl (C=O) groups excluding carboxylic acids is 1. The van der Waals surface area contributed by atoms with Gasteiger partial charge < -0.3 is 0 Å². The van der Waals surface area contributed by atoms with Crippen LogP contribution in [-0.4, -0.2) is 5.78 Å². The Labute approximate surface area is 179 Å². The maximum atomic E-state index is 12.1. The van der Waals surface area contributed by atoms with Crippen molar-refractivity contribution in [2.45, 2.75) is 92.9 Å². The summed E-state index contributed by atoms with van der Waals surface area (Å²) in [6, 6.07) is 0. The van der Waals surface area contributed by atoms with Crippen molar-refractivity contribution >= 4 is 5.78 Å². The fraction of sp³-hybridized carbons (Fsp3) is 0.821. The van der Waals surface area contributed by atoms with Gasteiger partial charge in [0.2, 0.25) is 0 Å². The third-order valence-corrected chi connectivity index (χ3v) is 10.4. The lowest BCUT2D eigenvalue weighted by atomic mass is 9.48. The summed E-state index contributed by atoms with van der Waals surface area (Å²) in [7, 11) is 0. The summed E-state index contributed by atoms with van der Waals surface area (Å²) in [5, 5.41) is 0. The number of hydrogen-bond acceptors (Lipinski definition) is 1. The summed E-state index contributed by atoms with van der Waals surface area (Å²) in [6.45, 7) is 14.7. The van der Waals surface area contributed by atoms with Gasteiger partial charge in [0.15, 0.2) is 0 Å². The van der Waals surface area contributed by atoms with Crippen LogP contribution in [0.3, 0.4) is 0 Å². The zero-order valence-electron chi connectivity index (χ0n) is 19.8. The molecule has 0 aromatic carbocycles. The average Bonchev–Trinajstić information content (AvgIpc) is 3.03. The van der Waals surface area contributed by atoms with Gasteiger partial charge in [-0.3, -0.25) is 4.79 Å².